The van der Waals surface area contributed by atoms with Crippen LogP contribution < -0.4 is 5.32 Å². The molecule has 7 heteroatoms. The Hall–Kier alpha value is -0.820. The summed E-state index contributed by atoms with van der Waals surface area (Å²) < 4.78 is 35.1. The van der Waals surface area contributed by atoms with Crippen LogP contribution in [0.2, 0.25) is 0 Å². The zero-order chi connectivity index (χ0) is 12.1. The van der Waals surface area contributed by atoms with Crippen molar-refractivity contribution in [3.63, 3.8) is 0 Å². The summed E-state index contributed by atoms with van der Waals surface area (Å²) in [5.41, 5.74) is 0. The van der Waals surface area contributed by atoms with E-state index >= 15 is 0 Å². The Kier molecular flexibility index (Phi) is 5.59. The van der Waals surface area contributed by atoms with Gasteiger partial charge in [-0.1, -0.05) is 0 Å². The number of carbonyl (C=O) groups is 1. The molecule has 15 heavy (non-hydrogen) atoms. The van der Waals surface area contributed by atoms with Crippen LogP contribution in [0.1, 0.15) is 6.92 Å². The van der Waals surface area contributed by atoms with Crippen LogP contribution in [0.5, 0.6) is 0 Å². The molecule has 0 radical (unpaired) electrons. The number of likely N-dealkylation sites (N-methyl/N-ethyl adjacent to an activating group) is 1. The number of amides is 1. The van der Waals surface area contributed by atoms with Crippen LogP contribution in [0.4, 0.5) is 13.2 Å². The minimum absolute atomic E-state index is 0.150. The van der Waals surface area contributed by atoms with Gasteiger partial charge in [-0.15, -0.1) is 0 Å². The third-order valence-corrected chi connectivity index (χ3v) is 1.90. The Balaban J connectivity index is 3.84. The Morgan fingerprint density at radius 3 is 2.47 bits per heavy atom. The van der Waals surface area contributed by atoms with Crippen LogP contribution in [-0.4, -0.2) is 54.9 Å². The molecule has 1 amide bonds. The first kappa shape index (κ1) is 14.2. The lowest BCUT2D eigenvalue weighted by atomic mass is 10.3. The van der Waals surface area contributed by atoms with Crippen LogP contribution in [0, 0.1) is 0 Å². The van der Waals surface area contributed by atoms with E-state index in [9.17, 15) is 18.0 Å². The average Bonchev–Trinajstić information content (AvgIpc) is 2.12. The number of aliphatic hydroxyl groups excluding tert-OH is 1. The molecule has 0 saturated heterocycles. The highest BCUT2D eigenvalue weighted by molar-refractivity contribution is 5.78. The molecule has 0 heterocycles. The standard InChI is InChI=1S/C8H15F3N2O2/c1-6(4-14)13(2)3-7(15)12-5-8(9,10)11/h6,14H,3-5H2,1-2H3,(H,12,15). The minimum atomic E-state index is -4.39. The summed E-state index contributed by atoms with van der Waals surface area (Å²) in [4.78, 5) is 12.5. The van der Waals surface area contributed by atoms with E-state index in [1.165, 1.54) is 4.90 Å². The molecule has 0 rings (SSSR count). The average molecular weight is 228 g/mol. The van der Waals surface area contributed by atoms with Crippen molar-refractivity contribution in [3.8, 4) is 0 Å². The van der Waals surface area contributed by atoms with Gasteiger partial charge in [0.15, 0.2) is 0 Å². The molecule has 1 unspecified atom stereocenters. The second-order valence-corrected chi connectivity index (χ2v) is 3.34. The molecule has 4 nitrogen and oxygen atoms in total. The molecule has 0 spiro atoms. The smallest absolute Gasteiger partial charge is 0.395 e. The predicted molar refractivity (Wildman–Crippen MR) is 48.2 cm³/mol. The van der Waals surface area contributed by atoms with E-state index < -0.39 is 18.6 Å². The van der Waals surface area contributed by atoms with Crippen LogP contribution >= 0.6 is 0 Å². The fourth-order valence-electron chi connectivity index (χ4n) is 0.776. The monoisotopic (exact) mass is 228 g/mol. The lowest BCUT2D eigenvalue weighted by Crippen LogP contribution is -2.43. The number of aliphatic hydroxyl groups is 1. The SMILES string of the molecule is CC(CO)N(C)CC(=O)NCC(F)(F)F. The third-order valence-electron chi connectivity index (χ3n) is 1.90. The maximum atomic E-state index is 11.7. The molecule has 0 aromatic carbocycles. The molecule has 0 aromatic rings. The highest BCUT2D eigenvalue weighted by Gasteiger charge is 2.27. The molecule has 90 valence electrons. The Morgan fingerprint density at radius 2 is 2.07 bits per heavy atom. The molecule has 0 bridgehead atoms. The fraction of sp³-hybridized carbons (Fsp3) is 0.875. The van der Waals surface area contributed by atoms with Crippen molar-refractivity contribution in [2.75, 3.05) is 26.7 Å². The van der Waals surface area contributed by atoms with Gasteiger partial charge in [-0.3, -0.25) is 9.69 Å². The van der Waals surface area contributed by atoms with E-state index in [2.05, 4.69) is 0 Å². The summed E-state index contributed by atoms with van der Waals surface area (Å²) in [7, 11) is 1.55. The Labute approximate surface area is 86.1 Å². The minimum Gasteiger partial charge on any atom is -0.395 e. The number of carbonyl (C=O) groups excluding carboxylic acids is 1. The van der Waals surface area contributed by atoms with E-state index in [0.29, 0.717) is 0 Å². The normalized spacial score (nSPS) is 14.1. The number of rotatable bonds is 5. The van der Waals surface area contributed by atoms with Crippen LogP contribution in [0.25, 0.3) is 0 Å². The zero-order valence-electron chi connectivity index (χ0n) is 8.64. The van der Waals surface area contributed by atoms with Gasteiger partial charge in [-0.05, 0) is 14.0 Å². The molecule has 0 fully saturated rings. The molecular weight excluding hydrogens is 213 g/mol. The summed E-state index contributed by atoms with van der Waals surface area (Å²) in [5.74, 6) is -0.713. The molecule has 0 aliphatic heterocycles. The van der Waals surface area contributed by atoms with E-state index in [4.69, 9.17) is 5.11 Å². The second kappa shape index (κ2) is 5.92. The van der Waals surface area contributed by atoms with Gasteiger partial charge in [0.1, 0.15) is 6.54 Å². The maximum Gasteiger partial charge on any atom is 0.405 e. The molecule has 0 saturated carbocycles. The van der Waals surface area contributed by atoms with Crippen molar-refractivity contribution in [1.82, 2.24) is 10.2 Å². The molecule has 2 N–H and O–H groups in total. The summed E-state index contributed by atoms with van der Waals surface area (Å²) >= 11 is 0. The number of halogens is 3. The first-order valence-electron chi connectivity index (χ1n) is 4.41. The Bertz CT molecular complexity index is 209. The lowest BCUT2D eigenvalue weighted by Gasteiger charge is -2.22. The van der Waals surface area contributed by atoms with Crippen molar-refractivity contribution in [1.29, 1.82) is 0 Å². The zero-order valence-corrected chi connectivity index (χ0v) is 8.64. The van der Waals surface area contributed by atoms with Gasteiger partial charge in [-0.2, -0.15) is 13.2 Å². The fourth-order valence-corrected chi connectivity index (χ4v) is 0.776. The van der Waals surface area contributed by atoms with Gasteiger partial charge in [0.25, 0.3) is 0 Å². The van der Waals surface area contributed by atoms with Gasteiger partial charge in [0, 0.05) is 6.04 Å². The molecule has 0 aliphatic carbocycles. The quantitative estimate of drug-likeness (QED) is 0.695. The molecule has 0 aromatic heterocycles. The number of hydrogen-bond acceptors (Lipinski definition) is 3. The summed E-state index contributed by atoms with van der Waals surface area (Å²) in [6, 6.07) is -0.262. The second-order valence-electron chi connectivity index (χ2n) is 3.34. The molecular formula is C8H15F3N2O2. The van der Waals surface area contributed by atoms with Crippen molar-refractivity contribution >= 4 is 5.91 Å². The first-order chi connectivity index (χ1) is 6.76. The van der Waals surface area contributed by atoms with Crippen molar-refractivity contribution in [2.24, 2.45) is 0 Å². The topological polar surface area (TPSA) is 52.6 Å². The third kappa shape index (κ3) is 7.15. The number of hydrogen-bond donors (Lipinski definition) is 2. The van der Waals surface area contributed by atoms with Gasteiger partial charge >= 0.3 is 6.18 Å². The van der Waals surface area contributed by atoms with Gasteiger partial charge < -0.3 is 10.4 Å². The van der Waals surface area contributed by atoms with E-state index in [1.54, 1.807) is 19.3 Å². The largest absolute Gasteiger partial charge is 0.405 e. The van der Waals surface area contributed by atoms with E-state index in [1.807, 2.05) is 0 Å². The van der Waals surface area contributed by atoms with Crippen LogP contribution in [-0.2, 0) is 4.79 Å². The van der Waals surface area contributed by atoms with Gasteiger partial charge in [-0.25, -0.2) is 0 Å². The van der Waals surface area contributed by atoms with Crippen LogP contribution in [0.15, 0.2) is 0 Å². The molecule has 1 atom stereocenters. The maximum absolute atomic E-state index is 11.7. The van der Waals surface area contributed by atoms with Crippen molar-refractivity contribution in [3.05, 3.63) is 0 Å². The van der Waals surface area contributed by atoms with E-state index in [-0.39, 0.29) is 19.2 Å². The highest BCUT2D eigenvalue weighted by Crippen LogP contribution is 2.11. The van der Waals surface area contributed by atoms with Gasteiger partial charge in [0.2, 0.25) is 5.91 Å². The van der Waals surface area contributed by atoms with Crippen LogP contribution in [0.3, 0.4) is 0 Å². The Morgan fingerprint density at radius 1 is 1.53 bits per heavy atom. The highest BCUT2D eigenvalue weighted by atomic mass is 19.4. The van der Waals surface area contributed by atoms with Gasteiger partial charge in [0.05, 0.1) is 13.2 Å². The van der Waals surface area contributed by atoms with Crippen molar-refractivity contribution in [2.45, 2.75) is 19.1 Å². The summed E-state index contributed by atoms with van der Waals surface area (Å²) in [5, 5.41) is 10.5. The van der Waals surface area contributed by atoms with Crippen molar-refractivity contribution < 1.29 is 23.1 Å². The summed E-state index contributed by atoms with van der Waals surface area (Å²) in [6.45, 7) is 0.0189. The predicted octanol–water partition coefficient (Wildman–Crippen LogP) is -0.0225. The number of nitrogens with zero attached hydrogens (tertiary/aromatic N) is 1. The number of nitrogens with one attached hydrogen (secondary N) is 1. The molecule has 0 aliphatic rings. The summed E-state index contributed by atoms with van der Waals surface area (Å²) in [6.07, 6.45) is -4.39. The number of alkyl halides is 3. The first-order valence-corrected chi connectivity index (χ1v) is 4.41. The van der Waals surface area contributed by atoms with E-state index in [0.717, 1.165) is 0 Å². The lowest BCUT2D eigenvalue weighted by molar-refractivity contribution is -0.139.